The van der Waals surface area contributed by atoms with Crippen LogP contribution in [0.1, 0.15) is 5.56 Å². The molecule has 8 nitrogen and oxygen atoms in total. The van der Waals surface area contributed by atoms with Crippen LogP contribution < -0.4 is 14.9 Å². The van der Waals surface area contributed by atoms with Crippen LogP contribution in [0.3, 0.4) is 0 Å². The highest BCUT2D eigenvalue weighted by atomic mass is 32.2. The van der Waals surface area contributed by atoms with Gasteiger partial charge in [-0.1, -0.05) is 24.3 Å². The van der Waals surface area contributed by atoms with Crippen LogP contribution in [0.2, 0.25) is 0 Å². The van der Waals surface area contributed by atoms with E-state index in [4.69, 9.17) is 5.14 Å². The Morgan fingerprint density at radius 3 is 2.23 bits per heavy atom. The molecule has 1 heterocycles. The first kappa shape index (κ1) is 18.2. The van der Waals surface area contributed by atoms with E-state index < -0.39 is 10.0 Å². The molecule has 26 heavy (non-hydrogen) atoms. The van der Waals surface area contributed by atoms with E-state index in [2.05, 4.69) is 0 Å². The van der Waals surface area contributed by atoms with Crippen molar-refractivity contribution in [2.24, 2.45) is 5.14 Å². The predicted octanol–water partition coefficient (Wildman–Crippen LogP) is 1.88. The maximum absolute atomic E-state index is 11.8. The van der Waals surface area contributed by atoms with Crippen molar-refractivity contribution in [1.29, 1.82) is 0 Å². The molecular formula is C17H20N4O4S. The van der Waals surface area contributed by atoms with Crippen molar-refractivity contribution < 1.29 is 13.3 Å². The van der Waals surface area contributed by atoms with Crippen LogP contribution >= 0.6 is 0 Å². The molecule has 0 aliphatic carbocycles. The Morgan fingerprint density at radius 1 is 1.00 bits per heavy atom. The molecule has 0 atom stereocenters. The van der Waals surface area contributed by atoms with Gasteiger partial charge in [0, 0.05) is 32.2 Å². The van der Waals surface area contributed by atoms with Gasteiger partial charge < -0.3 is 9.80 Å². The lowest BCUT2D eigenvalue weighted by Gasteiger charge is -2.38. The number of piperazine rings is 1. The van der Waals surface area contributed by atoms with E-state index in [1.807, 2.05) is 22.8 Å². The summed E-state index contributed by atoms with van der Waals surface area (Å²) in [5.74, 6) is 0. The number of hydrogen-bond donors (Lipinski definition) is 1. The predicted molar refractivity (Wildman–Crippen MR) is 100 cm³/mol. The number of nitrogens with two attached hydrogens (primary N) is 1. The molecule has 3 rings (SSSR count). The molecule has 0 unspecified atom stereocenters. The van der Waals surface area contributed by atoms with Crippen LogP contribution in [0.4, 0.5) is 17.1 Å². The second kappa shape index (κ2) is 6.93. The number of nitro groups is 1. The van der Waals surface area contributed by atoms with Crippen LogP contribution in [0.5, 0.6) is 0 Å². The SMILES string of the molecule is Cc1cccc([N+](=O)[O-])c1N1CCN(c2ccccc2S(N)(=O)=O)CC1. The molecular weight excluding hydrogens is 356 g/mol. The summed E-state index contributed by atoms with van der Waals surface area (Å²) < 4.78 is 23.6. The average Bonchev–Trinajstić information content (AvgIpc) is 2.61. The zero-order valence-corrected chi connectivity index (χ0v) is 15.1. The highest BCUT2D eigenvalue weighted by Crippen LogP contribution is 2.33. The summed E-state index contributed by atoms with van der Waals surface area (Å²) in [7, 11) is -3.82. The Hall–Kier alpha value is -2.65. The second-order valence-corrected chi connectivity index (χ2v) is 7.72. The molecule has 1 fully saturated rings. The largest absolute Gasteiger partial charge is 0.367 e. The highest BCUT2D eigenvalue weighted by molar-refractivity contribution is 7.89. The average molecular weight is 376 g/mol. The van der Waals surface area contributed by atoms with Crippen molar-refractivity contribution in [1.82, 2.24) is 0 Å². The molecule has 9 heteroatoms. The molecule has 2 aromatic carbocycles. The number of anilines is 2. The molecule has 0 spiro atoms. The summed E-state index contributed by atoms with van der Waals surface area (Å²) in [4.78, 5) is 15.0. The van der Waals surface area contributed by atoms with E-state index in [0.29, 0.717) is 37.6 Å². The molecule has 0 radical (unpaired) electrons. The molecule has 0 amide bonds. The summed E-state index contributed by atoms with van der Waals surface area (Å²) in [6.07, 6.45) is 0. The van der Waals surface area contributed by atoms with Crippen LogP contribution in [0.15, 0.2) is 47.4 Å². The number of hydrogen-bond acceptors (Lipinski definition) is 6. The monoisotopic (exact) mass is 376 g/mol. The van der Waals surface area contributed by atoms with Gasteiger partial charge >= 0.3 is 0 Å². The molecule has 0 bridgehead atoms. The Labute approximate surface area is 152 Å². The van der Waals surface area contributed by atoms with Crippen molar-refractivity contribution in [2.75, 3.05) is 36.0 Å². The molecule has 138 valence electrons. The Morgan fingerprint density at radius 2 is 1.62 bits per heavy atom. The minimum Gasteiger partial charge on any atom is -0.367 e. The van der Waals surface area contributed by atoms with E-state index >= 15 is 0 Å². The third kappa shape index (κ3) is 3.49. The Kier molecular flexibility index (Phi) is 4.84. The number of para-hydroxylation sites is 2. The molecule has 0 aromatic heterocycles. The maximum Gasteiger partial charge on any atom is 0.292 e. The number of nitrogens with zero attached hydrogens (tertiary/aromatic N) is 3. The molecule has 1 saturated heterocycles. The number of nitro benzene ring substituents is 1. The molecule has 2 aromatic rings. The van der Waals surface area contributed by atoms with Gasteiger partial charge in [0.1, 0.15) is 10.6 Å². The third-order valence-electron chi connectivity index (χ3n) is 4.52. The number of benzene rings is 2. The van der Waals surface area contributed by atoms with Crippen molar-refractivity contribution in [2.45, 2.75) is 11.8 Å². The van der Waals surface area contributed by atoms with E-state index in [-0.39, 0.29) is 15.5 Å². The van der Waals surface area contributed by atoms with Crippen LogP contribution in [-0.2, 0) is 10.0 Å². The lowest BCUT2D eigenvalue weighted by atomic mass is 10.1. The van der Waals surface area contributed by atoms with Gasteiger partial charge in [-0.15, -0.1) is 0 Å². The quantitative estimate of drug-likeness (QED) is 0.644. The standard InChI is InChI=1S/C17H20N4O4S/c1-13-5-4-7-15(21(22)23)17(13)20-11-9-19(10-12-20)14-6-2-3-8-16(14)26(18,24)25/h2-8H,9-12H2,1H3,(H2,18,24,25). The maximum atomic E-state index is 11.8. The summed E-state index contributed by atoms with van der Waals surface area (Å²) in [6.45, 7) is 4.02. The van der Waals surface area contributed by atoms with Gasteiger partial charge in [-0.05, 0) is 24.6 Å². The molecule has 1 aliphatic heterocycles. The Balaban J connectivity index is 1.85. The summed E-state index contributed by atoms with van der Waals surface area (Å²) in [5.41, 5.74) is 2.12. The van der Waals surface area contributed by atoms with Gasteiger partial charge in [-0.2, -0.15) is 0 Å². The summed E-state index contributed by atoms with van der Waals surface area (Å²) >= 11 is 0. The van der Waals surface area contributed by atoms with E-state index in [1.54, 1.807) is 24.3 Å². The van der Waals surface area contributed by atoms with E-state index in [0.717, 1.165) is 5.56 Å². The number of aryl methyl sites for hydroxylation is 1. The second-order valence-electron chi connectivity index (χ2n) is 6.19. The van der Waals surface area contributed by atoms with Crippen LogP contribution in [-0.4, -0.2) is 39.5 Å². The van der Waals surface area contributed by atoms with Gasteiger partial charge in [0.05, 0.1) is 10.6 Å². The van der Waals surface area contributed by atoms with Gasteiger partial charge in [0.2, 0.25) is 10.0 Å². The Bertz CT molecular complexity index is 938. The topological polar surface area (TPSA) is 110 Å². The molecule has 0 saturated carbocycles. The highest BCUT2D eigenvalue weighted by Gasteiger charge is 2.27. The first-order chi connectivity index (χ1) is 12.3. The number of primary sulfonamides is 1. The summed E-state index contributed by atoms with van der Waals surface area (Å²) in [5, 5.41) is 16.7. The first-order valence-electron chi connectivity index (χ1n) is 8.15. The van der Waals surface area contributed by atoms with Crippen molar-refractivity contribution in [3.8, 4) is 0 Å². The van der Waals surface area contributed by atoms with Crippen molar-refractivity contribution in [3.63, 3.8) is 0 Å². The van der Waals surface area contributed by atoms with Crippen LogP contribution in [0.25, 0.3) is 0 Å². The van der Waals surface area contributed by atoms with Crippen molar-refractivity contribution in [3.05, 3.63) is 58.1 Å². The summed E-state index contributed by atoms with van der Waals surface area (Å²) in [6, 6.07) is 11.7. The fourth-order valence-electron chi connectivity index (χ4n) is 3.33. The first-order valence-corrected chi connectivity index (χ1v) is 9.69. The zero-order chi connectivity index (χ0) is 18.9. The minimum absolute atomic E-state index is 0.0865. The van der Waals surface area contributed by atoms with Gasteiger partial charge in [-0.25, -0.2) is 13.6 Å². The number of sulfonamides is 1. The minimum atomic E-state index is -3.82. The smallest absolute Gasteiger partial charge is 0.292 e. The third-order valence-corrected chi connectivity index (χ3v) is 5.48. The van der Waals surface area contributed by atoms with Gasteiger partial charge in [0.15, 0.2) is 0 Å². The lowest BCUT2D eigenvalue weighted by Crippen LogP contribution is -2.47. The van der Waals surface area contributed by atoms with Crippen molar-refractivity contribution >= 4 is 27.1 Å². The van der Waals surface area contributed by atoms with Crippen LogP contribution in [0, 0.1) is 17.0 Å². The van der Waals surface area contributed by atoms with Gasteiger partial charge in [0.25, 0.3) is 5.69 Å². The van der Waals surface area contributed by atoms with Gasteiger partial charge in [-0.3, -0.25) is 10.1 Å². The fraction of sp³-hybridized carbons (Fsp3) is 0.294. The normalized spacial score (nSPS) is 15.2. The number of rotatable bonds is 4. The van der Waals surface area contributed by atoms with E-state index in [1.165, 1.54) is 12.1 Å². The molecule has 2 N–H and O–H groups in total. The zero-order valence-electron chi connectivity index (χ0n) is 14.3. The van der Waals surface area contributed by atoms with E-state index in [9.17, 15) is 18.5 Å². The fourth-order valence-corrected chi connectivity index (χ4v) is 4.09. The lowest BCUT2D eigenvalue weighted by molar-refractivity contribution is -0.384. The molecule has 1 aliphatic rings.